The maximum Gasteiger partial charge on any atom is 0.254 e. The van der Waals surface area contributed by atoms with Gasteiger partial charge >= 0.3 is 0 Å². The molecule has 1 fully saturated rings. The molecule has 2 aromatic rings. The van der Waals surface area contributed by atoms with E-state index in [1.54, 1.807) is 11.0 Å². The molecule has 124 valence electrons. The topological polar surface area (TPSA) is 49.4 Å². The average Bonchev–Trinajstić information content (AvgIpc) is 2.91. The van der Waals surface area contributed by atoms with Crippen LogP contribution in [-0.2, 0) is 4.79 Å². The number of halogens is 1. The number of amides is 2. The highest BCUT2D eigenvalue weighted by molar-refractivity contribution is 5.99. The van der Waals surface area contributed by atoms with Crippen molar-refractivity contribution in [3.05, 3.63) is 65.0 Å². The lowest BCUT2D eigenvalue weighted by Gasteiger charge is -2.18. The molecule has 0 aliphatic carbocycles. The summed E-state index contributed by atoms with van der Waals surface area (Å²) >= 11 is 0. The zero-order valence-corrected chi connectivity index (χ0v) is 13.7. The van der Waals surface area contributed by atoms with Gasteiger partial charge in [-0.25, -0.2) is 4.39 Å². The largest absolute Gasteiger partial charge is 0.347 e. The molecule has 3 rings (SSSR count). The normalized spacial score (nSPS) is 17.2. The molecule has 2 aromatic carbocycles. The third kappa shape index (κ3) is 3.15. The summed E-state index contributed by atoms with van der Waals surface area (Å²) in [7, 11) is 0. The molecule has 1 aliphatic heterocycles. The molecule has 5 heteroatoms. The van der Waals surface area contributed by atoms with Crippen LogP contribution >= 0.6 is 0 Å². The van der Waals surface area contributed by atoms with Gasteiger partial charge in [-0.3, -0.25) is 9.59 Å². The fourth-order valence-electron chi connectivity index (χ4n) is 2.86. The number of carbonyl (C=O) groups excluding carboxylic acids is 2. The van der Waals surface area contributed by atoms with Crippen molar-refractivity contribution in [2.45, 2.75) is 26.3 Å². The molecular weight excluding hydrogens is 307 g/mol. The van der Waals surface area contributed by atoms with Crippen LogP contribution in [0.4, 0.5) is 10.1 Å². The number of aryl methyl sites for hydroxylation is 2. The van der Waals surface area contributed by atoms with Gasteiger partial charge in [0.2, 0.25) is 5.91 Å². The summed E-state index contributed by atoms with van der Waals surface area (Å²) in [4.78, 5) is 26.1. The summed E-state index contributed by atoms with van der Waals surface area (Å²) < 4.78 is 13.7. The second-order valence-electron chi connectivity index (χ2n) is 6.13. The number of hydrogen-bond donors (Lipinski definition) is 1. The van der Waals surface area contributed by atoms with Gasteiger partial charge in [0.15, 0.2) is 0 Å². The summed E-state index contributed by atoms with van der Waals surface area (Å²) in [5.41, 5.74) is 3.09. The number of anilines is 1. The van der Waals surface area contributed by atoms with Gasteiger partial charge in [-0.2, -0.15) is 0 Å². The molecule has 0 aromatic heterocycles. The first-order valence-corrected chi connectivity index (χ1v) is 7.88. The Kier molecular flexibility index (Phi) is 4.34. The SMILES string of the molecule is Cc1ccc(N2C[C@@H](NC(=O)c3ccccc3F)CC2=O)cc1C. The van der Waals surface area contributed by atoms with Crippen molar-refractivity contribution in [3.8, 4) is 0 Å². The second kappa shape index (κ2) is 6.43. The molecule has 4 nitrogen and oxygen atoms in total. The van der Waals surface area contributed by atoms with Gasteiger partial charge in [0.25, 0.3) is 5.91 Å². The Morgan fingerprint density at radius 2 is 1.92 bits per heavy atom. The van der Waals surface area contributed by atoms with E-state index >= 15 is 0 Å². The fraction of sp³-hybridized carbons (Fsp3) is 0.263. The predicted molar refractivity (Wildman–Crippen MR) is 90.5 cm³/mol. The zero-order valence-electron chi connectivity index (χ0n) is 13.7. The van der Waals surface area contributed by atoms with E-state index in [2.05, 4.69) is 5.32 Å². The maximum absolute atomic E-state index is 13.7. The van der Waals surface area contributed by atoms with Crippen molar-refractivity contribution in [1.29, 1.82) is 0 Å². The Bertz CT molecular complexity index is 804. The summed E-state index contributed by atoms with van der Waals surface area (Å²) in [6, 6.07) is 11.3. The number of carbonyl (C=O) groups is 2. The van der Waals surface area contributed by atoms with Crippen LogP contribution in [0.3, 0.4) is 0 Å². The van der Waals surface area contributed by atoms with Crippen LogP contribution in [0.1, 0.15) is 27.9 Å². The molecule has 0 radical (unpaired) electrons. The van der Waals surface area contributed by atoms with E-state index in [-0.39, 0.29) is 23.9 Å². The van der Waals surface area contributed by atoms with Gasteiger partial charge in [0, 0.05) is 18.7 Å². The highest BCUT2D eigenvalue weighted by Crippen LogP contribution is 2.24. The van der Waals surface area contributed by atoms with Crippen molar-refractivity contribution >= 4 is 17.5 Å². The monoisotopic (exact) mass is 326 g/mol. The summed E-state index contributed by atoms with van der Waals surface area (Å²) in [6.45, 7) is 4.40. The lowest BCUT2D eigenvalue weighted by atomic mass is 10.1. The van der Waals surface area contributed by atoms with E-state index in [4.69, 9.17) is 0 Å². The quantitative estimate of drug-likeness (QED) is 0.943. The Morgan fingerprint density at radius 3 is 2.62 bits per heavy atom. The van der Waals surface area contributed by atoms with Crippen molar-refractivity contribution in [2.24, 2.45) is 0 Å². The highest BCUT2D eigenvalue weighted by Gasteiger charge is 2.32. The second-order valence-corrected chi connectivity index (χ2v) is 6.13. The van der Waals surface area contributed by atoms with E-state index in [0.29, 0.717) is 6.54 Å². The van der Waals surface area contributed by atoms with Crippen LogP contribution in [0.15, 0.2) is 42.5 Å². The van der Waals surface area contributed by atoms with Crippen LogP contribution in [-0.4, -0.2) is 24.4 Å². The lowest BCUT2D eigenvalue weighted by Crippen LogP contribution is -2.37. The number of rotatable bonds is 3. The molecule has 1 saturated heterocycles. The average molecular weight is 326 g/mol. The summed E-state index contributed by atoms with van der Waals surface area (Å²) in [6.07, 6.45) is 0.215. The number of hydrogen-bond acceptors (Lipinski definition) is 2. The molecule has 0 unspecified atom stereocenters. The molecule has 1 aliphatic rings. The number of benzene rings is 2. The van der Waals surface area contributed by atoms with Crippen molar-refractivity contribution in [3.63, 3.8) is 0 Å². The van der Waals surface area contributed by atoms with E-state index in [9.17, 15) is 14.0 Å². The fourth-order valence-corrected chi connectivity index (χ4v) is 2.86. The van der Waals surface area contributed by atoms with Gasteiger partial charge < -0.3 is 10.2 Å². The van der Waals surface area contributed by atoms with Gasteiger partial charge in [0.1, 0.15) is 5.82 Å². The maximum atomic E-state index is 13.7. The van der Waals surface area contributed by atoms with E-state index < -0.39 is 11.7 Å². The van der Waals surface area contributed by atoms with Crippen molar-refractivity contribution < 1.29 is 14.0 Å². The third-order valence-corrected chi connectivity index (χ3v) is 4.38. The Labute approximate surface area is 140 Å². The van der Waals surface area contributed by atoms with E-state index in [0.717, 1.165) is 16.8 Å². The summed E-state index contributed by atoms with van der Waals surface area (Å²) in [5, 5.41) is 2.75. The number of nitrogens with zero attached hydrogens (tertiary/aromatic N) is 1. The lowest BCUT2D eigenvalue weighted by molar-refractivity contribution is -0.117. The molecule has 1 N–H and O–H groups in total. The first-order chi connectivity index (χ1) is 11.5. The Balaban J connectivity index is 1.72. The van der Waals surface area contributed by atoms with Gasteiger partial charge in [-0.05, 0) is 49.2 Å². The molecule has 0 spiro atoms. The standard InChI is InChI=1S/C19H19FN2O2/c1-12-7-8-15(9-13(12)2)22-11-14(10-18(22)23)21-19(24)16-5-3-4-6-17(16)20/h3-9,14H,10-11H2,1-2H3,(H,21,24)/t14-/m0/s1. The van der Waals surface area contributed by atoms with E-state index in [1.165, 1.54) is 18.2 Å². The predicted octanol–water partition coefficient (Wildman–Crippen LogP) is 2.98. The van der Waals surface area contributed by atoms with Gasteiger partial charge in [-0.1, -0.05) is 18.2 Å². The van der Waals surface area contributed by atoms with E-state index in [1.807, 2.05) is 32.0 Å². The third-order valence-electron chi connectivity index (χ3n) is 4.38. The molecule has 0 bridgehead atoms. The number of nitrogens with one attached hydrogen (secondary N) is 1. The summed E-state index contributed by atoms with van der Waals surface area (Å²) in [5.74, 6) is -1.10. The minimum atomic E-state index is -0.565. The van der Waals surface area contributed by atoms with Crippen LogP contribution < -0.4 is 10.2 Å². The smallest absolute Gasteiger partial charge is 0.254 e. The van der Waals surface area contributed by atoms with Crippen molar-refractivity contribution in [2.75, 3.05) is 11.4 Å². The Morgan fingerprint density at radius 1 is 1.17 bits per heavy atom. The Hall–Kier alpha value is -2.69. The molecule has 0 saturated carbocycles. The van der Waals surface area contributed by atoms with Crippen LogP contribution in [0, 0.1) is 19.7 Å². The van der Waals surface area contributed by atoms with Crippen LogP contribution in [0.2, 0.25) is 0 Å². The molecule has 2 amide bonds. The zero-order chi connectivity index (χ0) is 17.3. The van der Waals surface area contributed by atoms with Crippen molar-refractivity contribution in [1.82, 2.24) is 5.32 Å². The molecule has 24 heavy (non-hydrogen) atoms. The molecular formula is C19H19FN2O2. The minimum Gasteiger partial charge on any atom is -0.347 e. The molecule has 1 atom stereocenters. The first-order valence-electron chi connectivity index (χ1n) is 7.88. The molecule has 1 heterocycles. The minimum absolute atomic E-state index is 0.00502. The highest BCUT2D eigenvalue weighted by atomic mass is 19.1. The van der Waals surface area contributed by atoms with Gasteiger partial charge in [0.05, 0.1) is 11.6 Å². The van der Waals surface area contributed by atoms with Crippen LogP contribution in [0.25, 0.3) is 0 Å². The first kappa shape index (κ1) is 16.2. The van der Waals surface area contributed by atoms with Gasteiger partial charge in [-0.15, -0.1) is 0 Å². The van der Waals surface area contributed by atoms with Crippen LogP contribution in [0.5, 0.6) is 0 Å².